The molecule has 0 bridgehead atoms. The highest BCUT2D eigenvalue weighted by atomic mass is 16.5. The molecule has 0 saturated carbocycles. The lowest BCUT2D eigenvalue weighted by Crippen LogP contribution is -2.12. The van der Waals surface area contributed by atoms with Gasteiger partial charge in [0, 0.05) is 12.1 Å². The van der Waals surface area contributed by atoms with Crippen molar-refractivity contribution in [3.8, 4) is 0 Å². The zero-order chi connectivity index (χ0) is 12.2. The van der Waals surface area contributed by atoms with Crippen LogP contribution in [0.3, 0.4) is 0 Å². The molecule has 0 radical (unpaired) electrons. The van der Waals surface area contributed by atoms with Crippen LogP contribution in [0.4, 0.5) is 5.69 Å². The normalized spacial score (nSPS) is 12.1. The molecule has 0 aliphatic carbocycles. The Kier molecular flexibility index (Phi) is 3.53. The van der Waals surface area contributed by atoms with Crippen LogP contribution >= 0.6 is 0 Å². The van der Waals surface area contributed by atoms with Gasteiger partial charge in [-0.2, -0.15) is 4.79 Å². The maximum Gasteiger partial charge on any atom is 0.287 e. The number of hydrogen-bond donors (Lipinski definition) is 0. The summed E-state index contributed by atoms with van der Waals surface area (Å²) < 4.78 is 0. The Morgan fingerprint density at radius 1 is 1.31 bits per heavy atom. The highest BCUT2D eigenvalue weighted by Gasteiger charge is 2.14. The predicted molar refractivity (Wildman–Crippen MR) is 60.7 cm³/mol. The van der Waals surface area contributed by atoms with Gasteiger partial charge in [0.05, 0.1) is 5.56 Å². The van der Waals surface area contributed by atoms with Gasteiger partial charge in [0.15, 0.2) is 0 Å². The van der Waals surface area contributed by atoms with Crippen molar-refractivity contribution in [3.05, 3.63) is 40.6 Å². The van der Waals surface area contributed by atoms with Crippen LogP contribution in [-0.4, -0.2) is 21.4 Å². The molecule has 0 spiro atoms. The van der Waals surface area contributed by atoms with Gasteiger partial charge in [0.2, 0.25) is 5.69 Å². The minimum atomic E-state index is -0.410. The topological polar surface area (TPSA) is 74.8 Å². The van der Waals surface area contributed by atoms with Gasteiger partial charge >= 0.3 is 0 Å². The fraction of sp³-hybridized carbons (Fsp3) is 0.364. The van der Waals surface area contributed by atoms with E-state index >= 15 is 0 Å². The summed E-state index contributed by atoms with van der Waals surface area (Å²) in [5.74, 6) is 0. The zero-order valence-corrected chi connectivity index (χ0v) is 9.58. The molecule has 0 unspecified atom stereocenters. The molecule has 0 fully saturated rings. The van der Waals surface area contributed by atoms with Gasteiger partial charge in [-0.25, -0.2) is 0 Å². The van der Waals surface area contributed by atoms with Crippen molar-refractivity contribution in [2.45, 2.75) is 26.3 Å². The molecule has 0 atom stereocenters. The standard InChI is InChI=1S/C11H14N4O/c1-11(2,3)14-15(16)10-6-4-9(5-7-10)8-13-12/h4-8H,1-3H3. The van der Waals surface area contributed by atoms with Gasteiger partial charge in [-0.1, -0.05) is 4.86 Å². The Labute approximate surface area is 94.2 Å². The van der Waals surface area contributed by atoms with E-state index in [4.69, 9.17) is 5.53 Å². The van der Waals surface area contributed by atoms with Gasteiger partial charge in [-0.05, 0) is 38.0 Å². The molecule has 1 rings (SSSR count). The second kappa shape index (κ2) is 4.68. The first-order valence-electron chi connectivity index (χ1n) is 4.90. The lowest BCUT2D eigenvalue weighted by Gasteiger charge is -2.09. The van der Waals surface area contributed by atoms with Crippen molar-refractivity contribution in [2.75, 3.05) is 0 Å². The van der Waals surface area contributed by atoms with Crippen molar-refractivity contribution >= 4 is 11.9 Å². The third-order valence-electron chi connectivity index (χ3n) is 1.71. The van der Waals surface area contributed by atoms with E-state index in [1.807, 2.05) is 20.8 Å². The Balaban J connectivity index is 2.98. The molecule has 0 heterocycles. The number of nitrogens with zero attached hydrogens (tertiary/aromatic N) is 4. The lowest BCUT2D eigenvalue weighted by atomic mass is 10.1. The first-order valence-corrected chi connectivity index (χ1v) is 4.90. The van der Waals surface area contributed by atoms with Crippen LogP contribution in [0.1, 0.15) is 26.3 Å². The molecule has 1 aromatic carbocycles. The predicted octanol–water partition coefficient (Wildman–Crippen LogP) is 2.73. The fourth-order valence-corrected chi connectivity index (χ4v) is 1.08. The highest BCUT2D eigenvalue weighted by Crippen LogP contribution is 2.15. The molecular weight excluding hydrogens is 204 g/mol. The zero-order valence-electron chi connectivity index (χ0n) is 9.58. The van der Waals surface area contributed by atoms with Gasteiger partial charge in [-0.3, -0.25) is 0 Å². The quantitative estimate of drug-likeness (QED) is 0.247. The molecule has 0 amide bonds. The first kappa shape index (κ1) is 12.1. The van der Waals surface area contributed by atoms with Gasteiger partial charge < -0.3 is 10.7 Å². The minimum Gasteiger partial charge on any atom is -0.594 e. The Morgan fingerprint density at radius 2 is 1.88 bits per heavy atom. The number of azo groups is 1. The third-order valence-corrected chi connectivity index (χ3v) is 1.71. The van der Waals surface area contributed by atoms with Crippen LogP contribution in [0.25, 0.3) is 5.53 Å². The average molecular weight is 218 g/mol. The van der Waals surface area contributed by atoms with E-state index in [9.17, 15) is 5.21 Å². The molecule has 5 heteroatoms. The fourth-order valence-electron chi connectivity index (χ4n) is 1.08. The molecule has 0 aliphatic rings. The second-order valence-electron chi connectivity index (χ2n) is 4.38. The van der Waals surface area contributed by atoms with E-state index in [2.05, 4.69) is 9.90 Å². The van der Waals surface area contributed by atoms with E-state index in [0.29, 0.717) is 10.5 Å². The summed E-state index contributed by atoms with van der Waals surface area (Å²) in [5.41, 5.74) is 9.09. The van der Waals surface area contributed by atoms with E-state index in [1.54, 1.807) is 24.3 Å². The van der Waals surface area contributed by atoms with Crippen LogP contribution < -0.4 is 0 Å². The van der Waals surface area contributed by atoms with Crippen molar-refractivity contribution in [3.63, 3.8) is 0 Å². The van der Waals surface area contributed by atoms with Crippen LogP contribution in [0.5, 0.6) is 0 Å². The Morgan fingerprint density at radius 3 is 2.31 bits per heavy atom. The summed E-state index contributed by atoms with van der Waals surface area (Å²) in [4.78, 5) is 3.50. The Bertz CT molecular complexity index is 436. The van der Waals surface area contributed by atoms with E-state index < -0.39 is 5.54 Å². The molecule has 0 aromatic heterocycles. The van der Waals surface area contributed by atoms with E-state index in [1.165, 1.54) is 6.21 Å². The van der Waals surface area contributed by atoms with E-state index in [0.717, 1.165) is 5.56 Å². The van der Waals surface area contributed by atoms with Crippen molar-refractivity contribution in [1.29, 1.82) is 0 Å². The summed E-state index contributed by atoms with van der Waals surface area (Å²) >= 11 is 0. The van der Waals surface area contributed by atoms with Crippen molar-refractivity contribution in [2.24, 2.45) is 5.11 Å². The molecule has 84 valence electrons. The first-order chi connectivity index (χ1) is 7.42. The monoisotopic (exact) mass is 218 g/mol. The summed E-state index contributed by atoms with van der Waals surface area (Å²) in [7, 11) is 0. The van der Waals surface area contributed by atoms with E-state index in [-0.39, 0.29) is 0 Å². The maximum atomic E-state index is 11.6. The molecule has 5 nitrogen and oxygen atoms in total. The molecule has 0 aliphatic heterocycles. The number of benzene rings is 1. The second-order valence-corrected chi connectivity index (χ2v) is 4.38. The Hall–Kier alpha value is -2.00. The minimum absolute atomic E-state index is 0.410. The SMILES string of the molecule is CC(C)(C)N=[N+]([O-])c1ccc(C=[N+]=[N-])cc1. The summed E-state index contributed by atoms with van der Waals surface area (Å²) in [6.45, 7) is 5.56. The maximum absolute atomic E-state index is 11.6. The third kappa shape index (κ3) is 3.63. The largest absolute Gasteiger partial charge is 0.594 e. The molecular formula is C11H14N4O. The summed E-state index contributed by atoms with van der Waals surface area (Å²) in [6, 6.07) is 6.61. The van der Waals surface area contributed by atoms with Crippen molar-refractivity contribution in [1.82, 2.24) is 0 Å². The highest BCUT2D eigenvalue weighted by molar-refractivity contribution is 5.75. The van der Waals surface area contributed by atoms with Gasteiger partial charge in [-0.15, -0.1) is 0 Å². The van der Waals surface area contributed by atoms with Crippen LogP contribution in [0.15, 0.2) is 29.4 Å². The number of rotatable bonds is 2. The smallest absolute Gasteiger partial charge is 0.287 e. The molecule has 0 N–H and O–H groups in total. The van der Waals surface area contributed by atoms with Crippen LogP contribution in [0, 0.1) is 5.21 Å². The van der Waals surface area contributed by atoms with Crippen molar-refractivity contribution < 1.29 is 9.65 Å². The molecule has 16 heavy (non-hydrogen) atoms. The lowest BCUT2D eigenvalue weighted by molar-refractivity contribution is -0.449. The molecule has 0 saturated heterocycles. The average Bonchev–Trinajstić information content (AvgIpc) is 2.16. The number of hydrogen-bond acceptors (Lipinski definition) is 2. The van der Waals surface area contributed by atoms with Gasteiger partial charge in [0.1, 0.15) is 5.54 Å². The van der Waals surface area contributed by atoms with Crippen LogP contribution in [0.2, 0.25) is 0 Å². The summed E-state index contributed by atoms with van der Waals surface area (Å²) in [5, 5.41) is 15.5. The molecule has 1 aromatic rings. The summed E-state index contributed by atoms with van der Waals surface area (Å²) in [6.07, 6.45) is 1.29. The van der Waals surface area contributed by atoms with Crippen LogP contribution in [-0.2, 0) is 0 Å². The van der Waals surface area contributed by atoms with Gasteiger partial charge in [0.25, 0.3) is 6.21 Å².